The maximum absolute atomic E-state index is 11.9. The maximum atomic E-state index is 11.9. The minimum absolute atomic E-state index is 0.0475. The van der Waals surface area contributed by atoms with Crippen molar-refractivity contribution >= 4 is 17.4 Å². The first kappa shape index (κ1) is 12.2. The molecule has 0 bridgehead atoms. The molecule has 0 unspecified atom stereocenters. The van der Waals surface area contributed by atoms with Gasteiger partial charge in [0, 0.05) is 0 Å². The third kappa shape index (κ3) is 2.51. The highest BCUT2D eigenvalue weighted by Gasteiger charge is 2.24. The zero-order valence-electron chi connectivity index (χ0n) is 9.93. The molecule has 0 fully saturated rings. The Morgan fingerprint density at radius 1 is 1.39 bits per heavy atom. The number of methoxy groups -OCH3 is 1. The van der Waals surface area contributed by atoms with E-state index in [2.05, 4.69) is 10.1 Å². The first-order chi connectivity index (χ1) is 8.72. The van der Waals surface area contributed by atoms with Crippen LogP contribution in [0.4, 0.5) is 0 Å². The standard InChI is InChI=1S/C13H13NO4/c1-17-11(15)7-10-12(13(16)14-8-18-10)9-5-3-2-4-6-9/h2-6H,7-8H2,1H3,(H,14,16). The quantitative estimate of drug-likeness (QED) is 0.811. The Hall–Kier alpha value is -2.30. The molecule has 1 N–H and O–H groups in total. The molecule has 2 rings (SSSR count). The van der Waals surface area contributed by atoms with Crippen LogP contribution in [-0.2, 0) is 19.1 Å². The van der Waals surface area contributed by atoms with Crippen LogP contribution in [0.15, 0.2) is 36.1 Å². The molecule has 1 heterocycles. The summed E-state index contributed by atoms with van der Waals surface area (Å²) in [5.41, 5.74) is 1.10. The summed E-state index contributed by atoms with van der Waals surface area (Å²) in [5.74, 6) is -0.337. The monoisotopic (exact) mass is 247 g/mol. The average molecular weight is 247 g/mol. The molecule has 0 saturated heterocycles. The zero-order chi connectivity index (χ0) is 13.0. The van der Waals surface area contributed by atoms with Gasteiger partial charge >= 0.3 is 5.97 Å². The van der Waals surface area contributed by atoms with Gasteiger partial charge in [0.2, 0.25) is 0 Å². The van der Waals surface area contributed by atoms with E-state index < -0.39 is 5.97 Å². The molecule has 94 valence electrons. The zero-order valence-corrected chi connectivity index (χ0v) is 9.93. The molecular weight excluding hydrogens is 234 g/mol. The lowest BCUT2D eigenvalue weighted by Gasteiger charge is -2.21. The number of benzene rings is 1. The lowest BCUT2D eigenvalue weighted by Crippen LogP contribution is -2.33. The molecule has 1 aromatic rings. The lowest BCUT2D eigenvalue weighted by atomic mass is 10.0. The second-order valence-electron chi connectivity index (χ2n) is 3.71. The van der Waals surface area contributed by atoms with Crippen molar-refractivity contribution in [3.05, 3.63) is 41.7 Å². The molecule has 18 heavy (non-hydrogen) atoms. The van der Waals surface area contributed by atoms with Crippen LogP contribution >= 0.6 is 0 Å². The van der Waals surface area contributed by atoms with Crippen molar-refractivity contribution in [2.24, 2.45) is 0 Å². The van der Waals surface area contributed by atoms with Crippen LogP contribution in [0.25, 0.3) is 5.57 Å². The highest BCUT2D eigenvalue weighted by molar-refractivity contribution is 6.20. The van der Waals surface area contributed by atoms with E-state index in [4.69, 9.17) is 4.74 Å². The van der Waals surface area contributed by atoms with Crippen LogP contribution in [0.2, 0.25) is 0 Å². The van der Waals surface area contributed by atoms with Crippen LogP contribution in [0.5, 0.6) is 0 Å². The van der Waals surface area contributed by atoms with Gasteiger partial charge in [-0.25, -0.2) is 0 Å². The van der Waals surface area contributed by atoms with Crippen molar-refractivity contribution < 1.29 is 19.1 Å². The van der Waals surface area contributed by atoms with Crippen molar-refractivity contribution in [1.82, 2.24) is 5.32 Å². The third-order valence-corrected chi connectivity index (χ3v) is 2.58. The minimum atomic E-state index is -0.437. The van der Waals surface area contributed by atoms with E-state index in [-0.39, 0.29) is 19.1 Å². The largest absolute Gasteiger partial charge is 0.476 e. The van der Waals surface area contributed by atoms with Crippen LogP contribution in [-0.4, -0.2) is 25.7 Å². The number of carbonyl (C=O) groups is 2. The van der Waals surface area contributed by atoms with Crippen molar-refractivity contribution in [3.8, 4) is 0 Å². The molecule has 5 nitrogen and oxygen atoms in total. The fourth-order valence-electron chi connectivity index (χ4n) is 1.72. The maximum Gasteiger partial charge on any atom is 0.313 e. The van der Waals surface area contributed by atoms with E-state index in [1.54, 1.807) is 12.1 Å². The SMILES string of the molecule is COC(=O)CC1=C(c2ccccc2)C(=O)NCO1. The highest BCUT2D eigenvalue weighted by atomic mass is 16.5. The summed E-state index contributed by atoms with van der Waals surface area (Å²) in [6, 6.07) is 9.08. The number of rotatable bonds is 3. The van der Waals surface area contributed by atoms with Crippen LogP contribution in [0.3, 0.4) is 0 Å². The number of nitrogens with one attached hydrogen (secondary N) is 1. The second kappa shape index (κ2) is 5.35. The van der Waals surface area contributed by atoms with Gasteiger partial charge < -0.3 is 14.8 Å². The first-order valence-electron chi connectivity index (χ1n) is 5.48. The molecule has 0 spiro atoms. The molecule has 0 radical (unpaired) electrons. The molecule has 1 amide bonds. The Kier molecular flexibility index (Phi) is 3.62. The van der Waals surface area contributed by atoms with Crippen LogP contribution in [0, 0.1) is 0 Å². The van der Waals surface area contributed by atoms with Crippen molar-refractivity contribution in [3.63, 3.8) is 0 Å². The van der Waals surface area contributed by atoms with E-state index in [0.29, 0.717) is 16.9 Å². The Morgan fingerprint density at radius 2 is 2.11 bits per heavy atom. The summed E-state index contributed by atoms with van der Waals surface area (Å²) < 4.78 is 9.92. The van der Waals surface area contributed by atoms with Gasteiger partial charge in [-0.1, -0.05) is 30.3 Å². The molecule has 1 aliphatic heterocycles. The summed E-state index contributed by atoms with van der Waals surface area (Å²) in [7, 11) is 1.30. The summed E-state index contributed by atoms with van der Waals surface area (Å²) in [4.78, 5) is 23.2. The number of amides is 1. The van der Waals surface area contributed by atoms with E-state index >= 15 is 0 Å². The normalized spacial score (nSPS) is 14.8. The Bertz CT molecular complexity index is 493. The Morgan fingerprint density at radius 3 is 2.78 bits per heavy atom. The van der Waals surface area contributed by atoms with Crippen molar-refractivity contribution in [2.75, 3.05) is 13.8 Å². The predicted octanol–water partition coefficient (Wildman–Crippen LogP) is 1.06. The van der Waals surface area contributed by atoms with Gasteiger partial charge in [-0.3, -0.25) is 9.59 Å². The molecule has 0 aliphatic carbocycles. The lowest BCUT2D eigenvalue weighted by molar-refractivity contribution is -0.140. The van der Waals surface area contributed by atoms with E-state index in [0.717, 1.165) is 0 Å². The van der Waals surface area contributed by atoms with Gasteiger partial charge in [0.15, 0.2) is 6.73 Å². The van der Waals surface area contributed by atoms with E-state index in [1.165, 1.54) is 7.11 Å². The van der Waals surface area contributed by atoms with E-state index in [9.17, 15) is 9.59 Å². The number of hydrogen-bond acceptors (Lipinski definition) is 4. The van der Waals surface area contributed by atoms with Gasteiger partial charge in [-0.05, 0) is 5.56 Å². The fourth-order valence-corrected chi connectivity index (χ4v) is 1.72. The van der Waals surface area contributed by atoms with Crippen LogP contribution in [0.1, 0.15) is 12.0 Å². The first-order valence-corrected chi connectivity index (χ1v) is 5.48. The van der Waals surface area contributed by atoms with Crippen molar-refractivity contribution in [2.45, 2.75) is 6.42 Å². The van der Waals surface area contributed by atoms with Gasteiger partial charge in [-0.15, -0.1) is 0 Å². The molecular formula is C13H13NO4. The average Bonchev–Trinajstić information content (AvgIpc) is 2.40. The Balaban J connectivity index is 2.40. The van der Waals surface area contributed by atoms with Gasteiger partial charge in [0.25, 0.3) is 5.91 Å². The number of carbonyl (C=O) groups excluding carboxylic acids is 2. The molecule has 1 aliphatic rings. The molecule has 1 aromatic carbocycles. The fraction of sp³-hybridized carbons (Fsp3) is 0.231. The van der Waals surface area contributed by atoms with E-state index in [1.807, 2.05) is 18.2 Å². The predicted molar refractivity (Wildman–Crippen MR) is 64.1 cm³/mol. The summed E-state index contributed by atoms with van der Waals surface area (Å²) in [5, 5.41) is 2.58. The van der Waals surface area contributed by atoms with Crippen LogP contribution < -0.4 is 5.32 Å². The molecule has 0 aromatic heterocycles. The molecule has 0 atom stereocenters. The molecule has 0 saturated carbocycles. The summed E-state index contributed by atoms with van der Waals surface area (Å²) >= 11 is 0. The summed E-state index contributed by atoms with van der Waals surface area (Å²) in [6.07, 6.45) is -0.0475. The topological polar surface area (TPSA) is 64.6 Å². The number of ether oxygens (including phenoxy) is 2. The second-order valence-corrected chi connectivity index (χ2v) is 3.71. The number of esters is 1. The smallest absolute Gasteiger partial charge is 0.313 e. The van der Waals surface area contributed by atoms with Gasteiger partial charge in [0.1, 0.15) is 12.2 Å². The van der Waals surface area contributed by atoms with Gasteiger partial charge in [0.05, 0.1) is 12.7 Å². The Labute approximate surface area is 104 Å². The third-order valence-electron chi connectivity index (χ3n) is 2.58. The highest BCUT2D eigenvalue weighted by Crippen LogP contribution is 2.24. The number of hydrogen-bond donors (Lipinski definition) is 1. The van der Waals surface area contributed by atoms with Gasteiger partial charge in [-0.2, -0.15) is 0 Å². The summed E-state index contributed by atoms with van der Waals surface area (Å²) in [6.45, 7) is 0.0709. The van der Waals surface area contributed by atoms with Crippen molar-refractivity contribution in [1.29, 1.82) is 0 Å². The molecule has 5 heteroatoms. The minimum Gasteiger partial charge on any atom is -0.476 e.